The van der Waals surface area contributed by atoms with Gasteiger partial charge in [0.05, 0.1) is 5.60 Å². The van der Waals surface area contributed by atoms with Gasteiger partial charge in [0.1, 0.15) is 0 Å². The monoisotopic (exact) mass is 227 g/mol. The minimum absolute atomic E-state index is 0.362. The van der Waals surface area contributed by atoms with Crippen molar-refractivity contribution in [1.82, 2.24) is 5.32 Å². The molecule has 2 heteroatoms. The second-order valence-electron chi connectivity index (χ2n) is 6.05. The Bertz CT molecular complexity index is 195. The lowest BCUT2D eigenvalue weighted by Crippen LogP contribution is -2.44. The number of rotatable bonds is 5. The Morgan fingerprint density at radius 1 is 1.25 bits per heavy atom. The van der Waals surface area contributed by atoms with Crippen molar-refractivity contribution in [2.75, 3.05) is 0 Å². The van der Waals surface area contributed by atoms with E-state index >= 15 is 0 Å². The van der Waals surface area contributed by atoms with E-state index in [4.69, 9.17) is 0 Å². The van der Waals surface area contributed by atoms with Gasteiger partial charge in [-0.1, -0.05) is 20.8 Å². The molecule has 1 aliphatic rings. The molecule has 0 saturated heterocycles. The van der Waals surface area contributed by atoms with Gasteiger partial charge in [-0.15, -0.1) is 0 Å². The van der Waals surface area contributed by atoms with Gasteiger partial charge in [0.2, 0.25) is 0 Å². The van der Waals surface area contributed by atoms with Crippen molar-refractivity contribution < 1.29 is 5.11 Å². The maximum absolute atomic E-state index is 10.1. The summed E-state index contributed by atoms with van der Waals surface area (Å²) in [5, 5.41) is 13.9. The third-order valence-electron chi connectivity index (χ3n) is 3.92. The SMILES string of the molecule is CCC1(O)CCC(NC(C)CC(C)C)CC1. The van der Waals surface area contributed by atoms with Crippen molar-refractivity contribution in [1.29, 1.82) is 0 Å². The van der Waals surface area contributed by atoms with E-state index in [1.165, 1.54) is 6.42 Å². The summed E-state index contributed by atoms with van der Waals surface area (Å²) in [5.74, 6) is 0.763. The normalized spacial score (nSPS) is 33.0. The van der Waals surface area contributed by atoms with Gasteiger partial charge in [0.15, 0.2) is 0 Å². The van der Waals surface area contributed by atoms with Crippen LogP contribution in [0.5, 0.6) is 0 Å². The maximum atomic E-state index is 10.1. The van der Waals surface area contributed by atoms with Crippen molar-refractivity contribution in [3.63, 3.8) is 0 Å². The van der Waals surface area contributed by atoms with Crippen molar-refractivity contribution in [3.8, 4) is 0 Å². The Labute approximate surface area is 101 Å². The molecule has 0 radical (unpaired) electrons. The average Bonchev–Trinajstić information content (AvgIpc) is 2.21. The van der Waals surface area contributed by atoms with Crippen LogP contribution in [-0.2, 0) is 0 Å². The van der Waals surface area contributed by atoms with Crippen molar-refractivity contribution in [3.05, 3.63) is 0 Å². The fraction of sp³-hybridized carbons (Fsp3) is 1.00. The minimum Gasteiger partial charge on any atom is -0.390 e. The fourth-order valence-corrected chi connectivity index (χ4v) is 2.85. The molecule has 0 aromatic rings. The van der Waals surface area contributed by atoms with E-state index in [0.29, 0.717) is 12.1 Å². The molecule has 1 aliphatic carbocycles. The number of nitrogens with one attached hydrogen (secondary N) is 1. The van der Waals surface area contributed by atoms with Crippen molar-refractivity contribution in [2.24, 2.45) is 5.92 Å². The first-order valence-corrected chi connectivity index (χ1v) is 6.93. The Morgan fingerprint density at radius 3 is 2.25 bits per heavy atom. The third-order valence-corrected chi connectivity index (χ3v) is 3.92. The predicted octanol–water partition coefficient (Wildman–Crippen LogP) is 3.09. The highest BCUT2D eigenvalue weighted by Crippen LogP contribution is 2.31. The fourth-order valence-electron chi connectivity index (χ4n) is 2.85. The molecule has 0 bridgehead atoms. The van der Waals surface area contributed by atoms with Crippen molar-refractivity contribution >= 4 is 0 Å². The zero-order valence-electron chi connectivity index (χ0n) is 11.4. The van der Waals surface area contributed by atoms with Gasteiger partial charge in [-0.2, -0.15) is 0 Å². The number of hydrogen-bond acceptors (Lipinski definition) is 2. The lowest BCUT2D eigenvalue weighted by molar-refractivity contribution is -0.00782. The summed E-state index contributed by atoms with van der Waals surface area (Å²) in [6.07, 6.45) is 6.35. The van der Waals surface area contributed by atoms with E-state index in [1.54, 1.807) is 0 Å². The van der Waals surface area contributed by atoms with Crippen LogP contribution in [-0.4, -0.2) is 22.8 Å². The van der Waals surface area contributed by atoms with Gasteiger partial charge in [0.25, 0.3) is 0 Å². The molecule has 0 aliphatic heterocycles. The van der Waals surface area contributed by atoms with E-state index in [2.05, 4.69) is 33.0 Å². The Kier molecular flexibility index (Phi) is 5.26. The van der Waals surface area contributed by atoms with Gasteiger partial charge in [-0.25, -0.2) is 0 Å². The second-order valence-corrected chi connectivity index (χ2v) is 6.05. The molecule has 96 valence electrons. The van der Waals surface area contributed by atoms with Gasteiger partial charge < -0.3 is 10.4 Å². The molecule has 1 saturated carbocycles. The summed E-state index contributed by atoms with van der Waals surface area (Å²) in [7, 11) is 0. The first kappa shape index (κ1) is 14.0. The zero-order chi connectivity index (χ0) is 12.2. The quantitative estimate of drug-likeness (QED) is 0.756. The van der Waals surface area contributed by atoms with Crippen LogP contribution in [0, 0.1) is 5.92 Å². The van der Waals surface area contributed by atoms with E-state index in [9.17, 15) is 5.11 Å². The highest BCUT2D eigenvalue weighted by atomic mass is 16.3. The summed E-state index contributed by atoms with van der Waals surface area (Å²) in [6, 6.07) is 1.23. The smallest absolute Gasteiger partial charge is 0.0646 e. The Balaban J connectivity index is 2.26. The lowest BCUT2D eigenvalue weighted by Gasteiger charge is -2.37. The molecule has 1 rings (SSSR count). The molecule has 2 N–H and O–H groups in total. The maximum Gasteiger partial charge on any atom is 0.0646 e. The average molecular weight is 227 g/mol. The topological polar surface area (TPSA) is 32.3 Å². The van der Waals surface area contributed by atoms with Crippen LogP contribution in [0.3, 0.4) is 0 Å². The molecule has 1 atom stereocenters. The van der Waals surface area contributed by atoms with E-state index in [0.717, 1.165) is 38.0 Å². The molecule has 0 amide bonds. The van der Waals surface area contributed by atoms with E-state index in [-0.39, 0.29) is 5.60 Å². The molecule has 0 aromatic carbocycles. The van der Waals surface area contributed by atoms with Crippen LogP contribution in [0.25, 0.3) is 0 Å². The molecule has 2 nitrogen and oxygen atoms in total. The molecule has 0 spiro atoms. The van der Waals surface area contributed by atoms with Crippen LogP contribution >= 0.6 is 0 Å². The molecular formula is C14H29NO. The number of hydrogen-bond donors (Lipinski definition) is 2. The third kappa shape index (κ3) is 4.42. The molecule has 0 heterocycles. The van der Waals surface area contributed by atoms with Crippen LogP contribution in [0.2, 0.25) is 0 Å². The molecular weight excluding hydrogens is 198 g/mol. The van der Waals surface area contributed by atoms with Gasteiger partial charge in [-0.3, -0.25) is 0 Å². The summed E-state index contributed by atoms with van der Waals surface area (Å²) in [4.78, 5) is 0. The Hall–Kier alpha value is -0.0800. The number of aliphatic hydroxyl groups is 1. The van der Waals surface area contributed by atoms with Gasteiger partial charge in [-0.05, 0) is 51.4 Å². The molecule has 1 unspecified atom stereocenters. The van der Waals surface area contributed by atoms with Gasteiger partial charge in [0, 0.05) is 12.1 Å². The van der Waals surface area contributed by atoms with Crippen LogP contribution in [0.15, 0.2) is 0 Å². The van der Waals surface area contributed by atoms with Crippen LogP contribution in [0.4, 0.5) is 0 Å². The second kappa shape index (κ2) is 6.02. The minimum atomic E-state index is -0.362. The summed E-state index contributed by atoms with van der Waals surface area (Å²) in [5.41, 5.74) is -0.362. The highest BCUT2D eigenvalue weighted by molar-refractivity contribution is 4.87. The molecule has 16 heavy (non-hydrogen) atoms. The largest absolute Gasteiger partial charge is 0.390 e. The van der Waals surface area contributed by atoms with Crippen molar-refractivity contribution in [2.45, 2.75) is 83.9 Å². The van der Waals surface area contributed by atoms with E-state index < -0.39 is 0 Å². The molecule has 0 aromatic heterocycles. The first-order valence-electron chi connectivity index (χ1n) is 6.93. The summed E-state index contributed by atoms with van der Waals surface area (Å²) in [6.45, 7) is 8.92. The highest BCUT2D eigenvalue weighted by Gasteiger charge is 2.31. The molecule has 1 fully saturated rings. The van der Waals surface area contributed by atoms with E-state index in [1.807, 2.05) is 0 Å². The predicted molar refractivity (Wildman–Crippen MR) is 69.5 cm³/mol. The summed E-state index contributed by atoms with van der Waals surface area (Å²) >= 11 is 0. The lowest BCUT2D eigenvalue weighted by atomic mass is 9.80. The standard InChI is InChI=1S/C14H29NO/c1-5-14(16)8-6-13(7-9-14)15-12(4)10-11(2)3/h11-13,15-16H,5-10H2,1-4H3. The zero-order valence-corrected chi connectivity index (χ0v) is 11.4. The van der Waals surface area contributed by atoms with Crippen LogP contribution in [0.1, 0.15) is 66.2 Å². The van der Waals surface area contributed by atoms with Crippen LogP contribution < -0.4 is 5.32 Å². The summed E-state index contributed by atoms with van der Waals surface area (Å²) < 4.78 is 0. The Morgan fingerprint density at radius 2 is 1.81 bits per heavy atom. The first-order chi connectivity index (χ1) is 7.45. The van der Waals surface area contributed by atoms with Gasteiger partial charge >= 0.3 is 0 Å².